The van der Waals surface area contributed by atoms with Gasteiger partial charge in [-0.1, -0.05) is 12.8 Å². The van der Waals surface area contributed by atoms with Gasteiger partial charge in [0, 0.05) is 13.1 Å². The molecule has 1 saturated carbocycles. The van der Waals surface area contributed by atoms with Crippen molar-refractivity contribution in [2.24, 2.45) is 5.41 Å². The first-order chi connectivity index (χ1) is 9.22. The van der Waals surface area contributed by atoms with E-state index in [0.717, 1.165) is 19.4 Å². The van der Waals surface area contributed by atoms with Gasteiger partial charge in [-0.2, -0.15) is 0 Å². The van der Waals surface area contributed by atoms with Crippen molar-refractivity contribution in [3.63, 3.8) is 0 Å². The van der Waals surface area contributed by atoms with E-state index in [2.05, 4.69) is 14.9 Å². The molecule has 2 aliphatic rings. The number of carbonyl (C=O) groups excluding carboxylic acids is 1. The van der Waals surface area contributed by atoms with Gasteiger partial charge in [0.25, 0.3) is 0 Å². The van der Waals surface area contributed by atoms with E-state index in [-0.39, 0.29) is 0 Å². The number of hydrogen-bond donors (Lipinski definition) is 1. The minimum atomic E-state index is 0.377. The summed E-state index contributed by atoms with van der Waals surface area (Å²) in [6.45, 7) is 1.91. The number of nitrogens with zero attached hydrogens (tertiary/aromatic N) is 3. The van der Waals surface area contributed by atoms with Crippen LogP contribution in [0.2, 0.25) is 0 Å². The lowest BCUT2D eigenvalue weighted by Gasteiger charge is -2.40. The molecule has 1 saturated heterocycles. The Bertz CT molecular complexity index is 472. The van der Waals surface area contributed by atoms with Crippen molar-refractivity contribution in [2.75, 3.05) is 23.7 Å². The number of hydrogen-bond acceptors (Lipinski definition) is 5. The second-order valence-corrected chi connectivity index (χ2v) is 5.82. The molecule has 0 unspecified atom stereocenters. The Labute approximate surface area is 113 Å². The number of aldehydes is 1. The molecule has 1 aliphatic heterocycles. The first-order valence-corrected chi connectivity index (χ1v) is 7.05. The number of nitrogens with two attached hydrogens (primary N) is 1. The van der Waals surface area contributed by atoms with Gasteiger partial charge in [0.1, 0.15) is 11.5 Å². The fraction of sp³-hybridized carbons (Fsp3) is 0.643. The van der Waals surface area contributed by atoms with Gasteiger partial charge in [0.2, 0.25) is 0 Å². The standard InChI is InChI=1S/C14H20N4O/c15-12-9-16-11(10-19)13(17-12)18-7-5-14(6-8-18)3-1-2-4-14/h9-10H,1-8H2,(H2,15,17). The van der Waals surface area contributed by atoms with E-state index in [1.807, 2.05) is 0 Å². The van der Waals surface area contributed by atoms with Gasteiger partial charge < -0.3 is 10.6 Å². The molecule has 19 heavy (non-hydrogen) atoms. The molecule has 2 heterocycles. The van der Waals surface area contributed by atoms with E-state index in [4.69, 9.17) is 5.73 Å². The smallest absolute Gasteiger partial charge is 0.172 e. The molecule has 0 radical (unpaired) electrons. The second kappa shape index (κ2) is 4.79. The van der Waals surface area contributed by atoms with Crippen LogP contribution in [-0.4, -0.2) is 29.3 Å². The fourth-order valence-corrected chi connectivity index (χ4v) is 3.54. The molecular formula is C14H20N4O. The topological polar surface area (TPSA) is 72.1 Å². The van der Waals surface area contributed by atoms with Gasteiger partial charge in [-0.3, -0.25) is 4.79 Å². The third kappa shape index (κ3) is 2.29. The second-order valence-electron chi connectivity index (χ2n) is 5.82. The SMILES string of the molecule is Nc1cnc(C=O)c(N2CCC3(CCCC3)CC2)n1. The highest BCUT2D eigenvalue weighted by Gasteiger charge is 2.37. The molecule has 2 N–H and O–H groups in total. The summed E-state index contributed by atoms with van der Waals surface area (Å²) in [6.07, 6.45) is 10.1. The van der Waals surface area contributed by atoms with Gasteiger partial charge in [-0.25, -0.2) is 9.97 Å². The molecule has 1 aromatic heterocycles. The van der Waals surface area contributed by atoms with Crippen LogP contribution in [-0.2, 0) is 0 Å². The number of anilines is 2. The van der Waals surface area contributed by atoms with Crippen LogP contribution in [0.1, 0.15) is 49.0 Å². The van der Waals surface area contributed by atoms with Crippen molar-refractivity contribution < 1.29 is 4.79 Å². The molecule has 5 nitrogen and oxygen atoms in total. The van der Waals surface area contributed by atoms with Crippen LogP contribution in [0, 0.1) is 5.41 Å². The third-order valence-electron chi connectivity index (χ3n) is 4.70. The summed E-state index contributed by atoms with van der Waals surface area (Å²) in [4.78, 5) is 21.6. The Morgan fingerprint density at radius 3 is 2.53 bits per heavy atom. The summed E-state index contributed by atoms with van der Waals surface area (Å²) < 4.78 is 0. The highest BCUT2D eigenvalue weighted by molar-refractivity contribution is 5.80. The average molecular weight is 260 g/mol. The first kappa shape index (κ1) is 12.4. The van der Waals surface area contributed by atoms with Crippen molar-refractivity contribution >= 4 is 17.9 Å². The molecule has 2 fully saturated rings. The minimum absolute atomic E-state index is 0.377. The molecular weight excluding hydrogens is 240 g/mol. The number of aromatic nitrogens is 2. The summed E-state index contributed by atoms with van der Waals surface area (Å²) in [5, 5.41) is 0. The Kier molecular flexibility index (Phi) is 3.12. The van der Waals surface area contributed by atoms with Crippen molar-refractivity contribution in [1.29, 1.82) is 0 Å². The molecule has 1 spiro atoms. The third-order valence-corrected chi connectivity index (χ3v) is 4.70. The number of carbonyl (C=O) groups is 1. The lowest BCUT2D eigenvalue weighted by Crippen LogP contribution is -2.40. The van der Waals surface area contributed by atoms with E-state index in [0.29, 0.717) is 22.7 Å². The molecule has 0 atom stereocenters. The van der Waals surface area contributed by atoms with E-state index in [9.17, 15) is 4.79 Å². The van der Waals surface area contributed by atoms with Gasteiger partial charge in [0.05, 0.1) is 6.20 Å². The minimum Gasteiger partial charge on any atom is -0.382 e. The predicted molar refractivity (Wildman–Crippen MR) is 74.2 cm³/mol. The van der Waals surface area contributed by atoms with Crippen molar-refractivity contribution in [2.45, 2.75) is 38.5 Å². The fourth-order valence-electron chi connectivity index (χ4n) is 3.54. The first-order valence-electron chi connectivity index (χ1n) is 7.05. The molecule has 0 bridgehead atoms. The largest absolute Gasteiger partial charge is 0.382 e. The molecule has 0 amide bonds. The van der Waals surface area contributed by atoms with Gasteiger partial charge >= 0.3 is 0 Å². The number of nitrogen functional groups attached to an aromatic ring is 1. The Balaban J connectivity index is 1.77. The maximum Gasteiger partial charge on any atom is 0.172 e. The number of rotatable bonds is 2. The molecule has 3 rings (SSSR count). The van der Waals surface area contributed by atoms with Crippen molar-refractivity contribution in [3.05, 3.63) is 11.9 Å². The van der Waals surface area contributed by atoms with E-state index in [1.54, 1.807) is 0 Å². The molecule has 1 aliphatic carbocycles. The lowest BCUT2D eigenvalue weighted by molar-refractivity contribution is 0.111. The van der Waals surface area contributed by atoms with Crippen molar-refractivity contribution in [1.82, 2.24) is 9.97 Å². The molecule has 102 valence electrons. The normalized spacial score (nSPS) is 21.8. The quantitative estimate of drug-likeness (QED) is 0.824. The average Bonchev–Trinajstić information content (AvgIpc) is 2.88. The van der Waals surface area contributed by atoms with Crippen LogP contribution < -0.4 is 10.6 Å². The Morgan fingerprint density at radius 2 is 1.89 bits per heavy atom. The Hall–Kier alpha value is -1.65. The zero-order valence-electron chi connectivity index (χ0n) is 11.1. The monoisotopic (exact) mass is 260 g/mol. The Morgan fingerprint density at radius 1 is 1.21 bits per heavy atom. The summed E-state index contributed by atoms with van der Waals surface area (Å²) >= 11 is 0. The maximum atomic E-state index is 11.1. The summed E-state index contributed by atoms with van der Waals surface area (Å²) in [7, 11) is 0. The number of piperidine rings is 1. The highest BCUT2D eigenvalue weighted by Crippen LogP contribution is 2.46. The van der Waals surface area contributed by atoms with E-state index >= 15 is 0 Å². The zero-order chi connectivity index (χ0) is 13.3. The lowest BCUT2D eigenvalue weighted by atomic mass is 9.77. The van der Waals surface area contributed by atoms with Gasteiger partial charge in [0.15, 0.2) is 12.1 Å². The highest BCUT2D eigenvalue weighted by atomic mass is 16.1. The molecule has 1 aromatic rings. The zero-order valence-corrected chi connectivity index (χ0v) is 11.1. The van der Waals surface area contributed by atoms with Crippen LogP contribution in [0.5, 0.6) is 0 Å². The van der Waals surface area contributed by atoms with Crippen molar-refractivity contribution in [3.8, 4) is 0 Å². The van der Waals surface area contributed by atoms with Crippen LogP contribution in [0.3, 0.4) is 0 Å². The summed E-state index contributed by atoms with van der Waals surface area (Å²) in [5.74, 6) is 1.03. The maximum absolute atomic E-state index is 11.1. The van der Waals surface area contributed by atoms with Gasteiger partial charge in [-0.15, -0.1) is 0 Å². The van der Waals surface area contributed by atoms with Crippen LogP contribution in [0.4, 0.5) is 11.6 Å². The molecule has 0 aromatic carbocycles. The molecule has 5 heteroatoms. The summed E-state index contributed by atoms with van der Waals surface area (Å²) in [5.41, 5.74) is 6.65. The van der Waals surface area contributed by atoms with Gasteiger partial charge in [-0.05, 0) is 31.1 Å². The van der Waals surface area contributed by atoms with Crippen LogP contribution in [0.15, 0.2) is 6.20 Å². The van der Waals surface area contributed by atoms with E-state index in [1.165, 1.54) is 44.7 Å². The summed E-state index contributed by atoms with van der Waals surface area (Å²) in [6, 6.07) is 0. The van der Waals surface area contributed by atoms with E-state index < -0.39 is 0 Å². The van der Waals surface area contributed by atoms with Crippen LogP contribution >= 0.6 is 0 Å². The predicted octanol–water partition coefficient (Wildman–Crippen LogP) is 2.03. The van der Waals surface area contributed by atoms with Crippen LogP contribution in [0.25, 0.3) is 0 Å².